The first-order chi connectivity index (χ1) is 9.98. The van der Waals surface area contributed by atoms with Crippen molar-refractivity contribution in [3.63, 3.8) is 0 Å². The number of hydrogen-bond acceptors (Lipinski definition) is 4. The molecule has 0 aliphatic heterocycles. The van der Waals surface area contributed by atoms with Crippen LogP contribution in [0.25, 0.3) is 0 Å². The number of esters is 1. The van der Waals surface area contributed by atoms with Crippen LogP contribution >= 0.6 is 0 Å². The van der Waals surface area contributed by atoms with Gasteiger partial charge in [0.15, 0.2) is 0 Å². The van der Waals surface area contributed by atoms with Crippen LogP contribution in [0.1, 0.15) is 31.4 Å². The lowest BCUT2D eigenvalue weighted by atomic mass is 10.1. The van der Waals surface area contributed by atoms with Crippen LogP contribution in [0, 0.1) is 0 Å². The molecule has 2 rings (SSSR count). The lowest BCUT2D eigenvalue weighted by Gasteiger charge is -2.20. The summed E-state index contributed by atoms with van der Waals surface area (Å²) in [7, 11) is -3.65. The quantitative estimate of drug-likeness (QED) is 0.751. The molecule has 0 saturated carbocycles. The first-order valence-electron chi connectivity index (χ1n) is 7.26. The first kappa shape index (κ1) is 16.0. The third kappa shape index (κ3) is 3.44. The molecule has 1 aliphatic carbocycles. The maximum Gasteiger partial charge on any atom is 0.321 e. The Labute approximate surface area is 126 Å². The summed E-state index contributed by atoms with van der Waals surface area (Å²) in [6.07, 6.45) is 3.00. The second-order valence-electron chi connectivity index (χ2n) is 5.02. The van der Waals surface area contributed by atoms with E-state index in [2.05, 4.69) is 0 Å². The van der Waals surface area contributed by atoms with Gasteiger partial charge in [-0.25, -0.2) is 8.42 Å². The van der Waals surface area contributed by atoms with E-state index in [4.69, 9.17) is 4.74 Å². The van der Waals surface area contributed by atoms with Crippen LogP contribution < -0.4 is 0 Å². The summed E-state index contributed by atoms with van der Waals surface area (Å²) >= 11 is 0. The number of likely N-dealkylation sites (N-methyl/N-ethyl adjacent to an activating group) is 1. The summed E-state index contributed by atoms with van der Waals surface area (Å²) in [5.74, 6) is -0.524. The third-order valence-electron chi connectivity index (χ3n) is 3.67. The highest BCUT2D eigenvalue weighted by Crippen LogP contribution is 2.26. The topological polar surface area (TPSA) is 63.7 Å². The normalized spacial score (nSPS) is 14.2. The maximum atomic E-state index is 12.6. The molecule has 0 N–H and O–H groups in total. The highest BCUT2D eigenvalue weighted by atomic mass is 32.2. The minimum Gasteiger partial charge on any atom is -0.465 e. The van der Waals surface area contributed by atoms with Crippen molar-refractivity contribution in [2.45, 2.75) is 38.0 Å². The monoisotopic (exact) mass is 311 g/mol. The molecule has 0 fully saturated rings. The van der Waals surface area contributed by atoms with E-state index in [-0.39, 0.29) is 24.6 Å². The zero-order valence-corrected chi connectivity index (χ0v) is 13.3. The number of rotatable bonds is 6. The molecule has 0 amide bonds. The Morgan fingerprint density at radius 2 is 1.95 bits per heavy atom. The molecule has 6 heteroatoms. The number of carbonyl (C=O) groups excluding carboxylic acids is 1. The number of sulfonamides is 1. The minimum absolute atomic E-state index is 0.234. The van der Waals surface area contributed by atoms with Gasteiger partial charge in [-0.2, -0.15) is 4.31 Å². The fourth-order valence-corrected chi connectivity index (χ4v) is 4.02. The highest BCUT2D eigenvalue weighted by molar-refractivity contribution is 7.89. The van der Waals surface area contributed by atoms with E-state index in [0.29, 0.717) is 0 Å². The van der Waals surface area contributed by atoms with Gasteiger partial charge in [0.05, 0.1) is 11.5 Å². The Kier molecular flexibility index (Phi) is 5.00. The fraction of sp³-hybridized carbons (Fsp3) is 0.533. The van der Waals surface area contributed by atoms with Crippen LogP contribution in [0.2, 0.25) is 0 Å². The zero-order chi connectivity index (χ0) is 15.5. The van der Waals surface area contributed by atoms with Gasteiger partial charge < -0.3 is 4.74 Å². The van der Waals surface area contributed by atoms with E-state index in [0.717, 1.165) is 29.1 Å². The minimum atomic E-state index is -3.65. The third-order valence-corrected chi connectivity index (χ3v) is 5.59. The number of carbonyl (C=O) groups is 1. The largest absolute Gasteiger partial charge is 0.465 e. The van der Waals surface area contributed by atoms with Crippen molar-refractivity contribution >= 4 is 16.0 Å². The van der Waals surface area contributed by atoms with Crippen LogP contribution in [0.15, 0.2) is 23.1 Å². The summed E-state index contributed by atoms with van der Waals surface area (Å²) < 4.78 is 31.2. The van der Waals surface area contributed by atoms with Crippen molar-refractivity contribution in [1.82, 2.24) is 4.31 Å². The van der Waals surface area contributed by atoms with Gasteiger partial charge in [0, 0.05) is 6.54 Å². The number of nitrogens with zero attached hydrogens (tertiary/aromatic N) is 1. The molecule has 116 valence electrons. The van der Waals surface area contributed by atoms with E-state index >= 15 is 0 Å². The standard InChI is InChI=1S/C15H21NO4S/c1-3-16(11-15(17)20-4-2)21(18,19)14-9-8-12-6-5-7-13(12)10-14/h8-10H,3-7,11H2,1-2H3. The Balaban J connectivity index is 2.24. The van der Waals surface area contributed by atoms with Crippen molar-refractivity contribution in [2.75, 3.05) is 19.7 Å². The number of fused-ring (bicyclic) bond motifs is 1. The highest BCUT2D eigenvalue weighted by Gasteiger charge is 2.27. The van der Waals surface area contributed by atoms with Gasteiger partial charge in [-0.1, -0.05) is 13.0 Å². The molecular formula is C15H21NO4S. The maximum absolute atomic E-state index is 12.6. The lowest BCUT2D eigenvalue weighted by molar-refractivity contribution is -0.143. The molecule has 0 saturated heterocycles. The van der Waals surface area contributed by atoms with Crippen molar-refractivity contribution in [2.24, 2.45) is 0 Å². The first-order valence-corrected chi connectivity index (χ1v) is 8.70. The molecule has 0 bridgehead atoms. The van der Waals surface area contributed by atoms with Crippen molar-refractivity contribution in [3.8, 4) is 0 Å². The van der Waals surface area contributed by atoms with E-state index in [1.807, 2.05) is 6.07 Å². The van der Waals surface area contributed by atoms with E-state index < -0.39 is 16.0 Å². The van der Waals surface area contributed by atoms with E-state index in [9.17, 15) is 13.2 Å². The average Bonchev–Trinajstić information content (AvgIpc) is 2.92. The molecule has 1 aliphatic rings. The second-order valence-corrected chi connectivity index (χ2v) is 6.96. The molecule has 1 aromatic rings. The van der Waals surface area contributed by atoms with Crippen LogP contribution in [-0.4, -0.2) is 38.4 Å². The van der Waals surface area contributed by atoms with Crippen molar-refractivity contribution in [1.29, 1.82) is 0 Å². The lowest BCUT2D eigenvalue weighted by Crippen LogP contribution is -2.36. The predicted molar refractivity (Wildman–Crippen MR) is 79.5 cm³/mol. The summed E-state index contributed by atoms with van der Waals surface area (Å²) in [4.78, 5) is 11.8. The molecule has 0 aromatic heterocycles. The second kappa shape index (κ2) is 6.58. The smallest absolute Gasteiger partial charge is 0.321 e. The van der Waals surface area contributed by atoms with Gasteiger partial charge in [0.25, 0.3) is 0 Å². The molecular weight excluding hydrogens is 290 g/mol. The molecule has 5 nitrogen and oxygen atoms in total. The van der Waals surface area contributed by atoms with Gasteiger partial charge in [0.1, 0.15) is 6.54 Å². The van der Waals surface area contributed by atoms with Gasteiger partial charge >= 0.3 is 5.97 Å². The molecule has 0 atom stereocenters. The van der Waals surface area contributed by atoms with Gasteiger partial charge in [-0.05, 0) is 49.4 Å². The number of hydrogen-bond donors (Lipinski definition) is 0. The Bertz CT molecular complexity index is 625. The van der Waals surface area contributed by atoms with Gasteiger partial charge in [-0.3, -0.25) is 4.79 Å². The molecule has 0 unspecified atom stereocenters. The SMILES string of the molecule is CCOC(=O)CN(CC)S(=O)(=O)c1ccc2c(c1)CCC2. The van der Waals surface area contributed by atoms with E-state index in [1.54, 1.807) is 26.0 Å². The molecule has 0 radical (unpaired) electrons. The zero-order valence-electron chi connectivity index (χ0n) is 12.5. The van der Waals surface area contributed by atoms with E-state index in [1.165, 1.54) is 5.56 Å². The van der Waals surface area contributed by atoms with Crippen LogP contribution in [0.5, 0.6) is 0 Å². The predicted octanol–water partition coefficient (Wildman–Crippen LogP) is 1.75. The summed E-state index contributed by atoms with van der Waals surface area (Å²) in [5, 5.41) is 0. The summed E-state index contributed by atoms with van der Waals surface area (Å²) in [5.41, 5.74) is 2.32. The average molecular weight is 311 g/mol. The Morgan fingerprint density at radius 1 is 1.24 bits per heavy atom. The Morgan fingerprint density at radius 3 is 2.62 bits per heavy atom. The van der Waals surface area contributed by atoms with Gasteiger partial charge in [0.2, 0.25) is 10.0 Å². The van der Waals surface area contributed by atoms with Crippen molar-refractivity contribution < 1.29 is 17.9 Å². The molecule has 21 heavy (non-hydrogen) atoms. The number of ether oxygens (including phenoxy) is 1. The number of benzene rings is 1. The van der Waals surface area contributed by atoms with Crippen LogP contribution in [0.3, 0.4) is 0 Å². The van der Waals surface area contributed by atoms with Gasteiger partial charge in [-0.15, -0.1) is 0 Å². The number of aryl methyl sites for hydroxylation is 2. The summed E-state index contributed by atoms with van der Waals surface area (Å²) in [6, 6.07) is 5.26. The van der Waals surface area contributed by atoms with Crippen LogP contribution in [0.4, 0.5) is 0 Å². The molecule has 0 spiro atoms. The molecule has 0 heterocycles. The fourth-order valence-electron chi connectivity index (χ4n) is 2.58. The van der Waals surface area contributed by atoms with Crippen LogP contribution in [-0.2, 0) is 32.4 Å². The molecule has 1 aromatic carbocycles. The Hall–Kier alpha value is -1.40. The van der Waals surface area contributed by atoms with Crippen molar-refractivity contribution in [3.05, 3.63) is 29.3 Å². The summed E-state index contributed by atoms with van der Waals surface area (Å²) in [6.45, 7) is 3.64.